The van der Waals surface area contributed by atoms with Crippen molar-refractivity contribution < 1.29 is 31.5 Å². The van der Waals surface area contributed by atoms with Crippen molar-refractivity contribution >= 4 is 39.0 Å². The fourth-order valence-corrected chi connectivity index (χ4v) is 6.53. The molecule has 4 aromatic rings. The van der Waals surface area contributed by atoms with Gasteiger partial charge in [0.05, 0.1) is 30.5 Å². The third kappa shape index (κ3) is 6.39. The number of hydrogen-bond donors (Lipinski definition) is 1. The summed E-state index contributed by atoms with van der Waals surface area (Å²) in [6.45, 7) is 5.95. The van der Waals surface area contributed by atoms with Gasteiger partial charge in [0.2, 0.25) is 0 Å². The van der Waals surface area contributed by atoms with Crippen molar-refractivity contribution in [3.05, 3.63) is 75.1 Å². The third-order valence-electron chi connectivity index (χ3n) is 6.62. The van der Waals surface area contributed by atoms with E-state index < -0.39 is 27.7 Å². The summed E-state index contributed by atoms with van der Waals surface area (Å²) in [5.41, 5.74) is 1.69. The minimum absolute atomic E-state index is 0.00616. The number of rotatable bonds is 11. The van der Waals surface area contributed by atoms with Crippen molar-refractivity contribution in [2.75, 3.05) is 24.1 Å². The van der Waals surface area contributed by atoms with Crippen LogP contribution in [0.15, 0.2) is 56.8 Å². The first kappa shape index (κ1) is 30.2. The SMILES string of the molecule is CCOc1nn(CC)cc1S(=O)(=O)N1C[C@H](CCOc2noc(=O)[nH]2)Oc2ccc(/C=C(\C)c3c(F)cccc3Cl)cc21. The molecule has 2 aromatic carbocycles. The summed E-state index contributed by atoms with van der Waals surface area (Å²) >= 11 is 6.26. The van der Waals surface area contributed by atoms with E-state index in [2.05, 4.69) is 19.8 Å². The number of sulfonamides is 1. The average Bonchev–Trinajstić information content (AvgIpc) is 3.59. The normalized spacial score (nSPS) is 15.2. The number of nitrogens with zero attached hydrogens (tertiary/aromatic N) is 4. The van der Waals surface area contributed by atoms with Crippen LogP contribution in [0.3, 0.4) is 0 Å². The van der Waals surface area contributed by atoms with Crippen molar-refractivity contribution in [2.45, 2.75) is 44.7 Å². The Morgan fingerprint density at radius 2 is 2.07 bits per heavy atom. The molecule has 0 bridgehead atoms. The lowest BCUT2D eigenvalue weighted by Gasteiger charge is -2.35. The number of hydrogen-bond acceptors (Lipinski definition) is 9. The Balaban J connectivity index is 1.52. The van der Waals surface area contributed by atoms with E-state index in [1.54, 1.807) is 44.2 Å². The summed E-state index contributed by atoms with van der Waals surface area (Å²) in [6.07, 6.45) is 2.77. The summed E-state index contributed by atoms with van der Waals surface area (Å²) in [6, 6.07) is 9.40. The van der Waals surface area contributed by atoms with Crippen LogP contribution in [-0.2, 0) is 16.6 Å². The average molecular weight is 634 g/mol. The molecule has 43 heavy (non-hydrogen) atoms. The van der Waals surface area contributed by atoms with Gasteiger partial charge in [-0.3, -0.25) is 13.5 Å². The maximum Gasteiger partial charge on any atom is 0.441 e. The first-order valence-electron chi connectivity index (χ1n) is 13.5. The van der Waals surface area contributed by atoms with Crippen LogP contribution in [-0.4, -0.2) is 54.2 Å². The van der Waals surface area contributed by atoms with E-state index in [-0.39, 0.29) is 59.2 Å². The summed E-state index contributed by atoms with van der Waals surface area (Å²) < 4.78 is 67.4. The molecule has 228 valence electrons. The van der Waals surface area contributed by atoms with Crippen LogP contribution in [0.5, 0.6) is 17.6 Å². The van der Waals surface area contributed by atoms with Gasteiger partial charge in [0.1, 0.15) is 17.7 Å². The highest BCUT2D eigenvalue weighted by Crippen LogP contribution is 2.40. The number of fused-ring (bicyclic) bond motifs is 1. The van der Waals surface area contributed by atoms with Gasteiger partial charge in [0.15, 0.2) is 4.90 Å². The Labute approximate surface area is 251 Å². The number of aromatic nitrogens is 4. The Hall–Kier alpha value is -4.30. The number of anilines is 1. The molecule has 1 aliphatic heterocycles. The van der Waals surface area contributed by atoms with Gasteiger partial charge in [-0.15, -0.1) is 5.10 Å². The molecule has 0 saturated carbocycles. The number of benzene rings is 2. The zero-order valence-electron chi connectivity index (χ0n) is 23.5. The molecule has 1 N–H and O–H groups in total. The molecule has 1 aliphatic rings. The van der Waals surface area contributed by atoms with Crippen molar-refractivity contribution in [3.63, 3.8) is 0 Å². The summed E-state index contributed by atoms with van der Waals surface area (Å²) in [7, 11) is -4.21. The molecule has 2 aromatic heterocycles. The zero-order valence-corrected chi connectivity index (χ0v) is 25.1. The number of aryl methyl sites for hydroxylation is 1. The minimum Gasteiger partial charge on any atom is -0.486 e. The smallest absolute Gasteiger partial charge is 0.441 e. The van der Waals surface area contributed by atoms with Crippen LogP contribution in [0, 0.1) is 5.82 Å². The summed E-state index contributed by atoms with van der Waals surface area (Å²) in [5.74, 6) is -0.921. The third-order valence-corrected chi connectivity index (χ3v) is 8.70. The van der Waals surface area contributed by atoms with Crippen molar-refractivity contribution in [1.82, 2.24) is 19.9 Å². The van der Waals surface area contributed by atoms with E-state index in [9.17, 15) is 17.6 Å². The van der Waals surface area contributed by atoms with Crippen LogP contribution in [0.25, 0.3) is 11.6 Å². The predicted octanol–water partition coefficient (Wildman–Crippen LogP) is 4.76. The van der Waals surface area contributed by atoms with Crippen molar-refractivity contribution in [1.29, 1.82) is 0 Å². The number of aromatic amines is 1. The van der Waals surface area contributed by atoms with Gasteiger partial charge in [0, 0.05) is 24.7 Å². The van der Waals surface area contributed by atoms with Gasteiger partial charge in [-0.2, -0.15) is 0 Å². The van der Waals surface area contributed by atoms with Gasteiger partial charge in [-0.25, -0.2) is 22.6 Å². The molecule has 1 atom stereocenters. The van der Waals surface area contributed by atoms with Gasteiger partial charge < -0.3 is 14.2 Å². The Bertz CT molecular complexity index is 1800. The highest BCUT2D eigenvalue weighted by Gasteiger charge is 2.37. The Morgan fingerprint density at radius 3 is 2.77 bits per heavy atom. The first-order chi connectivity index (χ1) is 20.6. The van der Waals surface area contributed by atoms with Crippen molar-refractivity contribution in [2.24, 2.45) is 0 Å². The fraction of sp³-hybridized carbons (Fsp3) is 0.321. The van der Waals surface area contributed by atoms with Crippen LogP contribution in [0.2, 0.25) is 5.02 Å². The number of ether oxygens (including phenoxy) is 3. The number of H-pyrrole nitrogens is 1. The second kappa shape index (κ2) is 12.5. The van der Waals surface area contributed by atoms with Gasteiger partial charge in [0.25, 0.3) is 15.9 Å². The second-order valence-corrected chi connectivity index (χ2v) is 11.8. The monoisotopic (exact) mass is 633 g/mol. The van der Waals surface area contributed by atoms with E-state index in [4.69, 9.17) is 25.8 Å². The molecule has 0 amide bonds. The quantitative estimate of drug-likeness (QED) is 0.231. The standard InChI is InChI=1S/C28H29ClFN5O7S/c1-4-34-16-24(26(32-34)39-5-2)43(37,38)35-15-19(11-12-40-27-31-28(36)42-33-27)41-23-10-9-18(14-22(23)35)13-17(3)25-20(29)7-6-8-21(25)30/h6-10,13-14,16,19H,4-5,11-12,15H2,1-3H3,(H,31,33,36)/b17-13+/t19-/m0/s1. The lowest BCUT2D eigenvalue weighted by atomic mass is 10.0. The lowest BCUT2D eigenvalue weighted by molar-refractivity contribution is 0.155. The first-order valence-corrected chi connectivity index (χ1v) is 15.3. The van der Waals surface area contributed by atoms with E-state index >= 15 is 0 Å². The Morgan fingerprint density at radius 1 is 1.26 bits per heavy atom. The molecule has 15 heteroatoms. The molecule has 0 spiro atoms. The lowest BCUT2D eigenvalue weighted by Crippen LogP contribution is -2.44. The second-order valence-electron chi connectivity index (χ2n) is 9.55. The molecular weight excluding hydrogens is 605 g/mol. The molecule has 0 radical (unpaired) electrons. The topological polar surface area (TPSA) is 142 Å². The van der Waals surface area contributed by atoms with E-state index in [1.807, 2.05) is 6.92 Å². The van der Waals surface area contributed by atoms with Crippen molar-refractivity contribution in [3.8, 4) is 17.6 Å². The molecule has 0 unspecified atom stereocenters. The number of halogens is 2. The summed E-state index contributed by atoms with van der Waals surface area (Å²) in [4.78, 5) is 13.4. The molecule has 5 rings (SSSR count). The summed E-state index contributed by atoms with van der Waals surface area (Å²) in [5, 5.41) is 8.00. The van der Waals surface area contributed by atoms with E-state index in [1.165, 1.54) is 27.3 Å². The van der Waals surface area contributed by atoms with Crippen LogP contribution >= 0.6 is 11.6 Å². The maximum absolute atomic E-state index is 14.6. The highest BCUT2D eigenvalue weighted by atomic mass is 35.5. The molecule has 3 heterocycles. The molecule has 12 nitrogen and oxygen atoms in total. The number of allylic oxidation sites excluding steroid dienone is 1. The maximum atomic E-state index is 14.6. The Kier molecular flexibility index (Phi) is 8.78. The number of nitrogens with one attached hydrogen (secondary N) is 1. The molecule has 0 fully saturated rings. The minimum atomic E-state index is -4.21. The fourth-order valence-electron chi connectivity index (χ4n) is 4.64. The predicted molar refractivity (Wildman–Crippen MR) is 157 cm³/mol. The molecule has 0 aliphatic carbocycles. The van der Waals surface area contributed by atoms with Gasteiger partial charge in [-0.05, 0) is 61.3 Å². The highest BCUT2D eigenvalue weighted by molar-refractivity contribution is 7.93. The van der Waals surface area contributed by atoms with Crippen LogP contribution in [0.1, 0.15) is 38.3 Å². The van der Waals surface area contributed by atoms with Gasteiger partial charge in [-0.1, -0.05) is 29.8 Å². The molecule has 0 saturated heterocycles. The van der Waals surface area contributed by atoms with Crippen LogP contribution < -0.4 is 24.3 Å². The van der Waals surface area contributed by atoms with E-state index in [0.29, 0.717) is 23.4 Å². The largest absolute Gasteiger partial charge is 0.486 e. The van der Waals surface area contributed by atoms with E-state index in [0.717, 1.165) is 0 Å². The van der Waals surface area contributed by atoms with Gasteiger partial charge >= 0.3 is 11.8 Å². The molecular formula is C28H29ClFN5O7S. The zero-order chi connectivity index (χ0) is 30.7. The van der Waals surface area contributed by atoms with Crippen LogP contribution in [0.4, 0.5) is 10.1 Å².